The molecule has 3 rings (SSSR count). The number of fused-ring (bicyclic) bond motifs is 1. The predicted molar refractivity (Wildman–Crippen MR) is 85.2 cm³/mol. The van der Waals surface area contributed by atoms with Crippen molar-refractivity contribution in [1.82, 2.24) is 5.32 Å². The van der Waals surface area contributed by atoms with Gasteiger partial charge in [-0.15, -0.1) is 0 Å². The van der Waals surface area contributed by atoms with E-state index in [1.807, 2.05) is 0 Å². The first-order valence-corrected chi connectivity index (χ1v) is 7.65. The molecule has 2 aromatic carbocycles. The molecule has 0 fully saturated rings. The van der Waals surface area contributed by atoms with Gasteiger partial charge in [0.2, 0.25) is 0 Å². The Balaban J connectivity index is 1.79. The third-order valence-electron chi connectivity index (χ3n) is 4.55. The minimum Gasteiger partial charge on any atom is -0.313 e. The van der Waals surface area contributed by atoms with E-state index in [9.17, 15) is 0 Å². The van der Waals surface area contributed by atoms with Crippen molar-refractivity contribution in [3.8, 4) is 0 Å². The number of hydrogen-bond donors (Lipinski definition) is 1. The zero-order valence-electron chi connectivity index (χ0n) is 12.4. The van der Waals surface area contributed by atoms with Crippen LogP contribution in [0.25, 0.3) is 0 Å². The van der Waals surface area contributed by atoms with Gasteiger partial charge >= 0.3 is 0 Å². The lowest BCUT2D eigenvalue weighted by molar-refractivity contribution is 0.404. The smallest absolute Gasteiger partial charge is 0.0179 e. The van der Waals surface area contributed by atoms with E-state index >= 15 is 0 Å². The van der Waals surface area contributed by atoms with Crippen molar-refractivity contribution < 1.29 is 0 Å². The highest BCUT2D eigenvalue weighted by molar-refractivity contribution is 5.42. The zero-order chi connectivity index (χ0) is 13.9. The molecule has 1 aliphatic rings. The van der Waals surface area contributed by atoms with Crippen LogP contribution in [-0.4, -0.2) is 12.6 Å². The third-order valence-corrected chi connectivity index (χ3v) is 4.55. The second kappa shape index (κ2) is 5.80. The van der Waals surface area contributed by atoms with Crippen molar-refractivity contribution in [2.75, 3.05) is 6.54 Å². The molecule has 1 N–H and O–H groups in total. The Labute approximate surface area is 122 Å². The molecule has 0 saturated carbocycles. The van der Waals surface area contributed by atoms with Crippen LogP contribution in [0.2, 0.25) is 0 Å². The molecular formula is C19H23N. The zero-order valence-corrected chi connectivity index (χ0v) is 12.4. The number of aryl methyl sites for hydroxylation is 1. The molecule has 2 atom stereocenters. The molecule has 0 spiro atoms. The van der Waals surface area contributed by atoms with Gasteiger partial charge in [0.25, 0.3) is 0 Å². The van der Waals surface area contributed by atoms with E-state index in [0.29, 0.717) is 12.0 Å². The fourth-order valence-electron chi connectivity index (χ4n) is 3.35. The Morgan fingerprint density at radius 3 is 2.60 bits per heavy atom. The first-order valence-electron chi connectivity index (χ1n) is 7.65. The lowest BCUT2D eigenvalue weighted by Gasteiger charge is -2.37. The van der Waals surface area contributed by atoms with Gasteiger partial charge in [0.15, 0.2) is 0 Å². The Morgan fingerprint density at radius 2 is 1.85 bits per heavy atom. The molecule has 0 heterocycles. The minimum atomic E-state index is 0.552. The quantitative estimate of drug-likeness (QED) is 0.865. The van der Waals surface area contributed by atoms with Crippen molar-refractivity contribution in [3.05, 3.63) is 70.8 Å². The van der Waals surface area contributed by atoms with Crippen LogP contribution in [0.15, 0.2) is 48.5 Å². The van der Waals surface area contributed by atoms with Crippen LogP contribution in [0, 0.1) is 6.92 Å². The summed E-state index contributed by atoms with van der Waals surface area (Å²) < 4.78 is 0. The van der Waals surface area contributed by atoms with Crippen LogP contribution >= 0.6 is 0 Å². The molecule has 2 unspecified atom stereocenters. The van der Waals surface area contributed by atoms with E-state index in [1.165, 1.54) is 23.1 Å². The van der Waals surface area contributed by atoms with Crippen LogP contribution in [0.1, 0.15) is 35.1 Å². The highest BCUT2D eigenvalue weighted by atomic mass is 14.9. The van der Waals surface area contributed by atoms with Gasteiger partial charge in [-0.1, -0.05) is 55.5 Å². The number of benzene rings is 2. The molecule has 0 radical (unpaired) electrons. The molecular weight excluding hydrogens is 242 g/mol. The number of nitrogens with one attached hydrogen (secondary N) is 1. The summed E-state index contributed by atoms with van der Waals surface area (Å²) in [4.78, 5) is 0. The van der Waals surface area contributed by atoms with Crippen LogP contribution in [0.5, 0.6) is 0 Å². The summed E-state index contributed by atoms with van der Waals surface area (Å²) in [6.07, 6.45) is 2.35. The van der Waals surface area contributed by atoms with Crippen molar-refractivity contribution in [2.24, 2.45) is 0 Å². The van der Waals surface area contributed by atoms with E-state index in [4.69, 9.17) is 0 Å². The highest BCUT2D eigenvalue weighted by Gasteiger charge is 2.32. The topological polar surface area (TPSA) is 12.0 Å². The molecule has 1 heteroatoms. The van der Waals surface area contributed by atoms with Crippen molar-refractivity contribution in [2.45, 2.75) is 38.6 Å². The number of rotatable bonds is 5. The minimum absolute atomic E-state index is 0.552. The Bertz CT molecular complexity index is 588. The van der Waals surface area contributed by atoms with Gasteiger partial charge in [0.05, 0.1) is 0 Å². The van der Waals surface area contributed by atoms with E-state index in [1.54, 1.807) is 5.56 Å². The fourth-order valence-corrected chi connectivity index (χ4v) is 3.35. The molecule has 0 saturated heterocycles. The maximum absolute atomic E-state index is 3.70. The fraction of sp³-hybridized carbons (Fsp3) is 0.368. The Hall–Kier alpha value is -1.60. The van der Waals surface area contributed by atoms with Crippen LogP contribution in [0.3, 0.4) is 0 Å². The summed E-state index contributed by atoms with van der Waals surface area (Å²) in [5.74, 6) is 0.672. The molecule has 104 valence electrons. The first kappa shape index (κ1) is 13.4. The maximum Gasteiger partial charge on any atom is 0.0179 e. The summed E-state index contributed by atoms with van der Waals surface area (Å²) in [6, 6.07) is 18.2. The predicted octanol–water partition coefficient (Wildman–Crippen LogP) is 3.86. The average molecular weight is 265 g/mol. The monoisotopic (exact) mass is 265 g/mol. The summed E-state index contributed by atoms with van der Waals surface area (Å²) >= 11 is 0. The Morgan fingerprint density at radius 1 is 1.10 bits per heavy atom. The molecule has 0 aliphatic heterocycles. The second-order valence-corrected chi connectivity index (χ2v) is 5.80. The number of hydrogen-bond acceptors (Lipinski definition) is 1. The van der Waals surface area contributed by atoms with Crippen molar-refractivity contribution in [3.63, 3.8) is 0 Å². The maximum atomic E-state index is 3.70. The molecule has 20 heavy (non-hydrogen) atoms. The molecule has 0 bridgehead atoms. The summed E-state index contributed by atoms with van der Waals surface area (Å²) in [7, 11) is 0. The van der Waals surface area contributed by atoms with E-state index in [0.717, 1.165) is 13.0 Å². The SMILES string of the molecule is CCNC(Cc1ccccc1C)C1Cc2ccccc21. The van der Waals surface area contributed by atoms with Crippen molar-refractivity contribution >= 4 is 0 Å². The van der Waals surface area contributed by atoms with Crippen LogP contribution in [-0.2, 0) is 12.8 Å². The van der Waals surface area contributed by atoms with Crippen LogP contribution in [0.4, 0.5) is 0 Å². The highest BCUT2D eigenvalue weighted by Crippen LogP contribution is 2.38. The molecule has 1 nitrogen and oxygen atoms in total. The van der Waals surface area contributed by atoms with E-state index in [2.05, 4.69) is 67.7 Å². The third kappa shape index (κ3) is 2.51. The molecule has 2 aromatic rings. The number of likely N-dealkylation sites (N-methyl/N-ethyl adjacent to an activating group) is 1. The Kier molecular flexibility index (Phi) is 3.88. The van der Waals surface area contributed by atoms with E-state index in [-0.39, 0.29) is 0 Å². The second-order valence-electron chi connectivity index (χ2n) is 5.80. The average Bonchev–Trinajstić information content (AvgIpc) is 2.43. The van der Waals surface area contributed by atoms with Gasteiger partial charge in [-0.3, -0.25) is 0 Å². The standard InChI is InChI=1S/C19H23N/c1-3-20-19(13-15-9-5-4-8-14(15)2)18-12-16-10-6-7-11-17(16)18/h4-11,18-20H,3,12-13H2,1-2H3. The van der Waals surface area contributed by atoms with Crippen LogP contribution < -0.4 is 5.32 Å². The molecule has 1 aliphatic carbocycles. The van der Waals surface area contributed by atoms with Gasteiger partial charge in [-0.05, 0) is 48.6 Å². The van der Waals surface area contributed by atoms with E-state index < -0.39 is 0 Å². The van der Waals surface area contributed by atoms with Gasteiger partial charge in [-0.25, -0.2) is 0 Å². The summed E-state index contributed by atoms with van der Waals surface area (Å²) in [6.45, 7) is 5.46. The summed E-state index contributed by atoms with van der Waals surface area (Å²) in [5, 5.41) is 3.70. The first-order chi connectivity index (χ1) is 9.79. The van der Waals surface area contributed by atoms with Gasteiger partial charge in [-0.2, -0.15) is 0 Å². The molecule has 0 aromatic heterocycles. The molecule has 0 amide bonds. The lowest BCUT2D eigenvalue weighted by atomic mass is 9.72. The normalized spacial score (nSPS) is 18.2. The largest absolute Gasteiger partial charge is 0.313 e. The van der Waals surface area contributed by atoms with Gasteiger partial charge < -0.3 is 5.32 Å². The lowest BCUT2D eigenvalue weighted by Crippen LogP contribution is -2.41. The van der Waals surface area contributed by atoms with Gasteiger partial charge in [0.1, 0.15) is 0 Å². The van der Waals surface area contributed by atoms with Gasteiger partial charge in [0, 0.05) is 12.0 Å². The summed E-state index contributed by atoms with van der Waals surface area (Å²) in [5.41, 5.74) is 5.96. The van der Waals surface area contributed by atoms with Crippen molar-refractivity contribution in [1.29, 1.82) is 0 Å².